The molecule has 0 aliphatic carbocycles. The SMILES string of the molecule is Nc1ccc(S(N)(=O)=O)cc1-c1ncccn1. The lowest BCUT2D eigenvalue weighted by Crippen LogP contribution is -2.12. The molecule has 88 valence electrons. The molecule has 0 atom stereocenters. The van der Waals surface area contributed by atoms with Gasteiger partial charge in [-0.2, -0.15) is 0 Å². The standard InChI is InChI=1S/C10H10N4O2S/c11-9-3-2-7(17(12,15)16)6-8(9)10-13-4-1-5-14-10/h1-6H,11H2,(H2,12,15,16). The molecule has 0 radical (unpaired) electrons. The summed E-state index contributed by atoms with van der Waals surface area (Å²) in [5, 5.41) is 5.04. The molecule has 0 aliphatic heterocycles. The van der Waals surface area contributed by atoms with Crippen molar-refractivity contribution < 1.29 is 8.42 Å². The monoisotopic (exact) mass is 250 g/mol. The molecule has 0 saturated heterocycles. The number of aromatic nitrogens is 2. The normalized spacial score (nSPS) is 11.4. The van der Waals surface area contributed by atoms with E-state index < -0.39 is 10.0 Å². The van der Waals surface area contributed by atoms with Gasteiger partial charge in [-0.05, 0) is 24.3 Å². The van der Waals surface area contributed by atoms with Crippen LogP contribution in [0.15, 0.2) is 41.6 Å². The summed E-state index contributed by atoms with van der Waals surface area (Å²) in [6.45, 7) is 0. The molecular weight excluding hydrogens is 240 g/mol. The van der Waals surface area contributed by atoms with Gasteiger partial charge in [0.15, 0.2) is 5.82 Å². The third-order valence-corrected chi connectivity index (χ3v) is 3.07. The molecular formula is C10H10N4O2S. The minimum atomic E-state index is -3.76. The quantitative estimate of drug-likeness (QED) is 0.748. The van der Waals surface area contributed by atoms with Gasteiger partial charge < -0.3 is 5.73 Å². The van der Waals surface area contributed by atoms with E-state index in [0.29, 0.717) is 17.1 Å². The van der Waals surface area contributed by atoms with Crippen molar-refractivity contribution >= 4 is 15.7 Å². The van der Waals surface area contributed by atoms with Crippen LogP contribution in [0.5, 0.6) is 0 Å². The van der Waals surface area contributed by atoms with Crippen molar-refractivity contribution in [3.05, 3.63) is 36.7 Å². The van der Waals surface area contributed by atoms with Crippen LogP contribution < -0.4 is 10.9 Å². The summed E-state index contributed by atoms with van der Waals surface area (Å²) in [7, 11) is -3.76. The Morgan fingerprint density at radius 1 is 1.12 bits per heavy atom. The predicted molar refractivity (Wildman–Crippen MR) is 63.3 cm³/mol. The van der Waals surface area contributed by atoms with Gasteiger partial charge in [-0.15, -0.1) is 0 Å². The molecule has 0 fully saturated rings. The van der Waals surface area contributed by atoms with Gasteiger partial charge in [-0.3, -0.25) is 0 Å². The Balaban J connectivity index is 2.63. The van der Waals surface area contributed by atoms with Gasteiger partial charge in [0.1, 0.15) is 0 Å². The smallest absolute Gasteiger partial charge is 0.238 e. The molecule has 0 saturated carbocycles. The van der Waals surface area contributed by atoms with Crippen LogP contribution in [0.1, 0.15) is 0 Å². The number of rotatable bonds is 2. The maximum absolute atomic E-state index is 11.2. The van der Waals surface area contributed by atoms with E-state index in [2.05, 4.69) is 9.97 Å². The fourth-order valence-corrected chi connectivity index (χ4v) is 1.88. The Hall–Kier alpha value is -1.99. The zero-order chi connectivity index (χ0) is 12.5. The summed E-state index contributed by atoms with van der Waals surface area (Å²) >= 11 is 0. The molecule has 2 rings (SSSR count). The number of anilines is 1. The van der Waals surface area contributed by atoms with Crippen LogP contribution in [0, 0.1) is 0 Å². The number of hydrogen-bond acceptors (Lipinski definition) is 5. The van der Waals surface area contributed by atoms with Gasteiger partial charge in [0.05, 0.1) is 4.90 Å². The van der Waals surface area contributed by atoms with E-state index in [1.165, 1.54) is 18.2 Å². The molecule has 1 aromatic carbocycles. The fraction of sp³-hybridized carbons (Fsp3) is 0. The number of benzene rings is 1. The van der Waals surface area contributed by atoms with Crippen LogP contribution in [0.2, 0.25) is 0 Å². The lowest BCUT2D eigenvalue weighted by atomic mass is 10.1. The van der Waals surface area contributed by atoms with E-state index in [0.717, 1.165) is 0 Å². The Kier molecular flexibility index (Phi) is 2.78. The van der Waals surface area contributed by atoms with Crippen molar-refractivity contribution in [2.75, 3.05) is 5.73 Å². The van der Waals surface area contributed by atoms with E-state index in [4.69, 9.17) is 10.9 Å². The molecule has 1 heterocycles. The first-order chi connectivity index (χ1) is 7.98. The van der Waals surface area contributed by atoms with Gasteiger partial charge in [0.25, 0.3) is 0 Å². The van der Waals surface area contributed by atoms with E-state index in [9.17, 15) is 8.42 Å². The second-order valence-electron chi connectivity index (χ2n) is 3.37. The first-order valence-electron chi connectivity index (χ1n) is 4.68. The van der Waals surface area contributed by atoms with Crippen LogP contribution in [0.3, 0.4) is 0 Å². The summed E-state index contributed by atoms with van der Waals surface area (Å²) in [6, 6.07) is 5.83. The van der Waals surface area contributed by atoms with Gasteiger partial charge in [-0.1, -0.05) is 0 Å². The van der Waals surface area contributed by atoms with Crippen LogP contribution in [0.25, 0.3) is 11.4 Å². The number of hydrogen-bond donors (Lipinski definition) is 2. The average Bonchev–Trinajstić information content (AvgIpc) is 2.29. The Morgan fingerprint density at radius 2 is 1.76 bits per heavy atom. The molecule has 2 aromatic rings. The molecule has 7 heteroatoms. The Bertz CT molecular complexity index is 641. The summed E-state index contributed by atoms with van der Waals surface area (Å²) in [6.07, 6.45) is 3.09. The van der Waals surface area contributed by atoms with Crippen LogP contribution in [-0.2, 0) is 10.0 Å². The number of nitrogens with two attached hydrogens (primary N) is 2. The third kappa shape index (κ3) is 2.40. The zero-order valence-corrected chi connectivity index (χ0v) is 9.55. The van der Waals surface area contributed by atoms with Gasteiger partial charge in [-0.25, -0.2) is 23.5 Å². The summed E-state index contributed by atoms with van der Waals surface area (Å²) in [5.41, 5.74) is 6.58. The molecule has 0 unspecified atom stereocenters. The van der Waals surface area contributed by atoms with Crippen LogP contribution in [0.4, 0.5) is 5.69 Å². The van der Waals surface area contributed by atoms with Crippen molar-refractivity contribution in [1.82, 2.24) is 9.97 Å². The number of primary sulfonamides is 1. The highest BCUT2D eigenvalue weighted by atomic mass is 32.2. The highest BCUT2D eigenvalue weighted by molar-refractivity contribution is 7.89. The second kappa shape index (κ2) is 4.11. The topological polar surface area (TPSA) is 112 Å². The average molecular weight is 250 g/mol. The first kappa shape index (κ1) is 11.5. The lowest BCUT2D eigenvalue weighted by Gasteiger charge is -2.06. The number of nitrogens with zero attached hydrogens (tertiary/aromatic N) is 2. The third-order valence-electron chi connectivity index (χ3n) is 2.16. The maximum atomic E-state index is 11.2. The molecule has 17 heavy (non-hydrogen) atoms. The van der Waals surface area contributed by atoms with E-state index in [-0.39, 0.29) is 4.90 Å². The van der Waals surface area contributed by atoms with Crippen molar-refractivity contribution in [2.24, 2.45) is 5.14 Å². The van der Waals surface area contributed by atoms with Crippen molar-refractivity contribution in [3.63, 3.8) is 0 Å². The minimum Gasteiger partial charge on any atom is -0.398 e. The Labute approximate surface area is 98.4 Å². The molecule has 0 bridgehead atoms. The Morgan fingerprint density at radius 3 is 2.35 bits per heavy atom. The van der Waals surface area contributed by atoms with Crippen LogP contribution >= 0.6 is 0 Å². The van der Waals surface area contributed by atoms with Crippen molar-refractivity contribution in [1.29, 1.82) is 0 Å². The highest BCUT2D eigenvalue weighted by Crippen LogP contribution is 2.24. The first-order valence-corrected chi connectivity index (χ1v) is 6.23. The second-order valence-corrected chi connectivity index (χ2v) is 4.93. The largest absolute Gasteiger partial charge is 0.398 e. The number of nitrogen functional groups attached to an aromatic ring is 1. The number of sulfonamides is 1. The molecule has 0 amide bonds. The summed E-state index contributed by atoms with van der Waals surface area (Å²) in [5.74, 6) is 0.357. The molecule has 4 N–H and O–H groups in total. The molecule has 1 aromatic heterocycles. The van der Waals surface area contributed by atoms with Gasteiger partial charge >= 0.3 is 0 Å². The van der Waals surface area contributed by atoms with Crippen molar-refractivity contribution in [3.8, 4) is 11.4 Å². The molecule has 0 aliphatic rings. The van der Waals surface area contributed by atoms with Gasteiger partial charge in [0, 0.05) is 23.6 Å². The van der Waals surface area contributed by atoms with E-state index >= 15 is 0 Å². The fourth-order valence-electron chi connectivity index (χ4n) is 1.34. The van der Waals surface area contributed by atoms with E-state index in [1.54, 1.807) is 18.5 Å². The highest BCUT2D eigenvalue weighted by Gasteiger charge is 2.12. The van der Waals surface area contributed by atoms with Crippen LogP contribution in [-0.4, -0.2) is 18.4 Å². The molecule has 0 spiro atoms. The van der Waals surface area contributed by atoms with Gasteiger partial charge in [0.2, 0.25) is 10.0 Å². The lowest BCUT2D eigenvalue weighted by molar-refractivity contribution is 0.598. The summed E-state index contributed by atoms with van der Waals surface area (Å²) < 4.78 is 22.4. The summed E-state index contributed by atoms with van der Waals surface area (Å²) in [4.78, 5) is 7.99. The predicted octanol–water partition coefficient (Wildman–Crippen LogP) is 0.373. The maximum Gasteiger partial charge on any atom is 0.238 e. The van der Waals surface area contributed by atoms with Crippen molar-refractivity contribution in [2.45, 2.75) is 4.90 Å². The zero-order valence-electron chi connectivity index (χ0n) is 8.74. The minimum absolute atomic E-state index is 0.0193. The molecule has 6 nitrogen and oxygen atoms in total. The van der Waals surface area contributed by atoms with E-state index in [1.807, 2.05) is 0 Å².